The van der Waals surface area contributed by atoms with Gasteiger partial charge in [0.15, 0.2) is 0 Å². The molecule has 0 bridgehead atoms. The molecule has 1 heterocycles. The van der Waals surface area contributed by atoms with Crippen molar-refractivity contribution in [2.75, 3.05) is 0 Å². The van der Waals surface area contributed by atoms with E-state index in [0.29, 0.717) is 5.82 Å². The molecule has 3 N–H and O–H groups in total. The molecule has 5 heteroatoms. The maximum absolute atomic E-state index is 8.03. The summed E-state index contributed by atoms with van der Waals surface area (Å²) in [6.45, 7) is 0. The van der Waals surface area contributed by atoms with E-state index in [1.165, 1.54) is 0 Å². The van der Waals surface area contributed by atoms with Gasteiger partial charge < -0.3 is 0 Å². The molecule has 0 amide bonds. The third-order valence-electron chi connectivity index (χ3n) is 0.747. The molecule has 0 aliphatic carbocycles. The van der Waals surface area contributed by atoms with Crippen LogP contribution in [0.5, 0.6) is 0 Å². The Bertz CT molecular complexity index is 180. The van der Waals surface area contributed by atoms with Crippen LogP contribution in [-0.2, 0) is 0 Å². The second-order valence-corrected chi connectivity index (χ2v) is 1.33. The van der Waals surface area contributed by atoms with E-state index in [4.69, 9.17) is 5.21 Å². The molecule has 0 spiro atoms. The minimum Gasteiger partial charge on any atom is -0.290 e. The number of aliphatic imine (C=N–C) groups is 1. The highest BCUT2D eigenvalue weighted by Gasteiger charge is 1.82. The summed E-state index contributed by atoms with van der Waals surface area (Å²) in [5.41, 5.74) is 1.77. The number of H-pyrrole nitrogens is 1. The molecule has 0 fully saturated rings. The van der Waals surface area contributed by atoms with Gasteiger partial charge in [-0.05, 0) is 0 Å². The molecule has 0 aromatic carbocycles. The Morgan fingerprint density at radius 1 is 1.89 bits per heavy atom. The molecule has 0 unspecified atom stereocenters. The monoisotopic (exact) mass is 126 g/mol. The van der Waals surface area contributed by atoms with Gasteiger partial charge >= 0.3 is 0 Å². The molecule has 9 heavy (non-hydrogen) atoms. The van der Waals surface area contributed by atoms with Crippen molar-refractivity contribution in [2.24, 2.45) is 4.99 Å². The first-order valence-electron chi connectivity index (χ1n) is 2.35. The number of hydroxylamine groups is 1. The fraction of sp³-hybridized carbons (Fsp3) is 0. The lowest BCUT2D eigenvalue weighted by molar-refractivity contribution is 0.240. The van der Waals surface area contributed by atoms with Crippen LogP contribution in [0.25, 0.3) is 0 Å². The normalized spacial score (nSPS) is 10.3. The van der Waals surface area contributed by atoms with E-state index in [1.54, 1.807) is 17.7 Å². The van der Waals surface area contributed by atoms with E-state index in [9.17, 15) is 0 Å². The van der Waals surface area contributed by atoms with E-state index in [-0.39, 0.29) is 0 Å². The highest BCUT2D eigenvalue weighted by Crippen LogP contribution is 2.00. The van der Waals surface area contributed by atoms with Gasteiger partial charge in [0.2, 0.25) is 0 Å². The van der Waals surface area contributed by atoms with Crippen molar-refractivity contribution in [3.8, 4) is 0 Å². The quantitative estimate of drug-likeness (QED) is 0.298. The third kappa shape index (κ3) is 1.54. The molecule has 0 atom stereocenters. The van der Waals surface area contributed by atoms with Crippen LogP contribution in [0.1, 0.15) is 0 Å². The number of nitrogens with one attached hydrogen (secondary N) is 2. The number of rotatable bonds is 2. The summed E-state index contributed by atoms with van der Waals surface area (Å²) >= 11 is 0. The molecule has 0 aliphatic rings. The number of nitrogens with zero attached hydrogens (tertiary/aromatic N) is 2. The van der Waals surface area contributed by atoms with Gasteiger partial charge in [0.05, 0.1) is 6.20 Å². The molecule has 1 aromatic rings. The van der Waals surface area contributed by atoms with Gasteiger partial charge in [0, 0.05) is 6.07 Å². The minimum atomic E-state index is 0.594. The summed E-state index contributed by atoms with van der Waals surface area (Å²) in [6, 6.07) is 1.67. The maximum Gasteiger partial charge on any atom is 0.149 e. The van der Waals surface area contributed by atoms with Crippen molar-refractivity contribution in [2.45, 2.75) is 0 Å². The SMILES string of the molecule is ONC=Nc1ccn[nH]1. The first-order chi connectivity index (χ1) is 4.43. The summed E-state index contributed by atoms with van der Waals surface area (Å²) in [7, 11) is 0. The van der Waals surface area contributed by atoms with Crippen LogP contribution >= 0.6 is 0 Å². The molecule has 1 aromatic heterocycles. The van der Waals surface area contributed by atoms with Crippen molar-refractivity contribution >= 4 is 12.2 Å². The summed E-state index contributed by atoms with van der Waals surface area (Å²) in [5, 5.41) is 14.2. The maximum atomic E-state index is 8.03. The summed E-state index contributed by atoms with van der Waals surface area (Å²) in [6.07, 6.45) is 2.72. The first-order valence-corrected chi connectivity index (χ1v) is 2.35. The summed E-state index contributed by atoms with van der Waals surface area (Å²) < 4.78 is 0. The Kier molecular flexibility index (Phi) is 1.81. The van der Waals surface area contributed by atoms with Crippen molar-refractivity contribution in [1.82, 2.24) is 15.7 Å². The van der Waals surface area contributed by atoms with Crippen molar-refractivity contribution in [3.63, 3.8) is 0 Å². The Balaban J connectivity index is 2.57. The molecule has 0 saturated carbocycles. The predicted molar refractivity (Wildman–Crippen MR) is 31.7 cm³/mol. The van der Waals surface area contributed by atoms with Crippen LogP contribution in [0.15, 0.2) is 17.3 Å². The summed E-state index contributed by atoms with van der Waals surface area (Å²) in [5.74, 6) is 0.594. The zero-order chi connectivity index (χ0) is 6.53. The Labute approximate surface area is 51.4 Å². The molecule has 48 valence electrons. The zero-order valence-corrected chi connectivity index (χ0v) is 4.57. The van der Waals surface area contributed by atoms with E-state index < -0.39 is 0 Å². The van der Waals surface area contributed by atoms with Crippen LogP contribution < -0.4 is 5.48 Å². The number of aromatic amines is 1. The highest BCUT2D eigenvalue weighted by atomic mass is 16.5. The average Bonchev–Trinajstić information content (AvgIpc) is 2.34. The fourth-order valence-electron chi connectivity index (χ4n) is 0.419. The van der Waals surface area contributed by atoms with Crippen molar-refractivity contribution in [3.05, 3.63) is 12.3 Å². The predicted octanol–water partition coefficient (Wildman–Crippen LogP) is 0.0483. The largest absolute Gasteiger partial charge is 0.290 e. The molecule has 5 nitrogen and oxygen atoms in total. The van der Waals surface area contributed by atoms with E-state index >= 15 is 0 Å². The highest BCUT2D eigenvalue weighted by molar-refractivity contribution is 5.57. The topological polar surface area (TPSA) is 73.3 Å². The van der Waals surface area contributed by atoms with E-state index in [0.717, 1.165) is 6.34 Å². The van der Waals surface area contributed by atoms with Gasteiger partial charge in [-0.2, -0.15) is 5.10 Å². The van der Waals surface area contributed by atoms with Gasteiger partial charge in [0.1, 0.15) is 12.2 Å². The van der Waals surface area contributed by atoms with Gasteiger partial charge in [-0.1, -0.05) is 0 Å². The Morgan fingerprint density at radius 3 is 3.33 bits per heavy atom. The summed E-state index contributed by atoms with van der Waals surface area (Å²) in [4.78, 5) is 3.68. The second kappa shape index (κ2) is 2.83. The number of hydrogen-bond donors (Lipinski definition) is 3. The fourth-order valence-corrected chi connectivity index (χ4v) is 0.419. The van der Waals surface area contributed by atoms with Gasteiger partial charge in [-0.25, -0.2) is 4.99 Å². The second-order valence-electron chi connectivity index (χ2n) is 1.33. The van der Waals surface area contributed by atoms with Gasteiger partial charge in [-0.3, -0.25) is 15.8 Å². The number of hydrogen-bond acceptors (Lipinski definition) is 3. The van der Waals surface area contributed by atoms with Crippen LogP contribution in [0.3, 0.4) is 0 Å². The van der Waals surface area contributed by atoms with Crippen molar-refractivity contribution < 1.29 is 5.21 Å². The lowest BCUT2D eigenvalue weighted by atomic mass is 10.7. The standard InChI is InChI=1S/C4H6N4O/c9-7-3-5-4-1-2-6-8-4/h1-3,9H,(H2,5,6,7,8). The molecule has 0 saturated heterocycles. The third-order valence-corrected chi connectivity index (χ3v) is 0.747. The molecule has 0 aliphatic heterocycles. The molecular weight excluding hydrogens is 120 g/mol. The lowest BCUT2D eigenvalue weighted by Crippen LogP contribution is -2.00. The zero-order valence-electron chi connectivity index (χ0n) is 4.57. The molecule has 1 rings (SSSR count). The lowest BCUT2D eigenvalue weighted by Gasteiger charge is -1.82. The van der Waals surface area contributed by atoms with Gasteiger partial charge in [-0.15, -0.1) is 0 Å². The molecular formula is C4H6N4O. The van der Waals surface area contributed by atoms with Crippen molar-refractivity contribution in [1.29, 1.82) is 0 Å². The number of aromatic nitrogens is 2. The van der Waals surface area contributed by atoms with Crippen LogP contribution in [0.4, 0.5) is 5.82 Å². The minimum absolute atomic E-state index is 0.594. The average molecular weight is 126 g/mol. The van der Waals surface area contributed by atoms with Crippen LogP contribution in [0, 0.1) is 0 Å². The molecule has 0 radical (unpaired) electrons. The van der Waals surface area contributed by atoms with E-state index in [2.05, 4.69) is 15.2 Å². The Hall–Kier alpha value is -1.36. The smallest absolute Gasteiger partial charge is 0.149 e. The van der Waals surface area contributed by atoms with E-state index in [1.807, 2.05) is 0 Å². The van der Waals surface area contributed by atoms with Gasteiger partial charge in [0.25, 0.3) is 0 Å². The Morgan fingerprint density at radius 2 is 2.78 bits per heavy atom. The first kappa shape index (κ1) is 5.77. The van der Waals surface area contributed by atoms with Crippen LogP contribution in [0.2, 0.25) is 0 Å². The van der Waals surface area contributed by atoms with Crippen LogP contribution in [-0.4, -0.2) is 21.7 Å².